The van der Waals surface area contributed by atoms with E-state index in [1.807, 2.05) is 13.8 Å². The molecule has 0 aliphatic heterocycles. The Morgan fingerprint density at radius 2 is 1.12 bits per heavy atom. The van der Waals surface area contributed by atoms with E-state index in [0.717, 1.165) is 12.8 Å². The van der Waals surface area contributed by atoms with Crippen LogP contribution in [-0.4, -0.2) is 80.8 Å². The van der Waals surface area contributed by atoms with Gasteiger partial charge < -0.3 is 49.1 Å². The fourth-order valence-corrected chi connectivity index (χ4v) is 1.76. The zero-order valence-electron chi connectivity index (χ0n) is 20.5. The predicted octanol–water partition coefficient (Wildman–Crippen LogP) is -0.646. The smallest absolute Gasteiger partial charge is 0.321 e. The van der Waals surface area contributed by atoms with Crippen LogP contribution < -0.4 is 28.7 Å². The van der Waals surface area contributed by atoms with Crippen LogP contribution in [0.25, 0.3) is 0 Å². The Kier molecular flexibility index (Phi) is 27.9. The third kappa shape index (κ3) is 30.0. The lowest BCUT2D eigenvalue weighted by Gasteiger charge is -2.07. The SMILES string of the molecule is CC(C)C(N)C(=O)O.CC(C)CC(N)C(=O)O.NC(CS)C(=O)O.NCCCCC(N)C(=O)O. The molecule has 4 atom stereocenters. The highest BCUT2D eigenvalue weighted by Crippen LogP contribution is 2.01. The fourth-order valence-electron chi connectivity index (χ4n) is 1.60. The third-order valence-electron chi connectivity index (χ3n) is 3.85. The molecule has 0 heterocycles. The molecule has 0 fully saturated rings. The third-order valence-corrected chi connectivity index (χ3v) is 4.24. The van der Waals surface area contributed by atoms with Gasteiger partial charge in [0.2, 0.25) is 0 Å². The zero-order chi connectivity index (χ0) is 28.0. The summed E-state index contributed by atoms with van der Waals surface area (Å²) in [5.41, 5.74) is 25.7. The van der Waals surface area contributed by atoms with Crippen LogP contribution in [0.15, 0.2) is 0 Å². The Labute approximate surface area is 206 Å². The molecule has 0 aromatic heterocycles. The molecule has 0 rings (SSSR count). The van der Waals surface area contributed by atoms with Gasteiger partial charge in [-0.2, -0.15) is 12.6 Å². The fraction of sp³-hybridized carbons (Fsp3) is 0.800. The van der Waals surface area contributed by atoms with Crippen LogP contribution in [0.2, 0.25) is 0 Å². The summed E-state index contributed by atoms with van der Waals surface area (Å²) in [5.74, 6) is -3.21. The molecule has 204 valence electrons. The van der Waals surface area contributed by atoms with Gasteiger partial charge in [0.05, 0.1) is 0 Å². The van der Waals surface area contributed by atoms with Gasteiger partial charge in [0.25, 0.3) is 0 Å². The minimum atomic E-state index is -1.00. The van der Waals surface area contributed by atoms with Crippen LogP contribution in [-0.2, 0) is 19.2 Å². The molecule has 0 bridgehead atoms. The molecule has 0 saturated heterocycles. The Hall–Kier alpha value is -1.97. The molecule has 0 radical (unpaired) electrons. The summed E-state index contributed by atoms with van der Waals surface area (Å²) in [6, 6.07) is -2.94. The van der Waals surface area contributed by atoms with E-state index in [9.17, 15) is 19.2 Å². The molecule has 0 aliphatic rings. The van der Waals surface area contributed by atoms with Gasteiger partial charge in [-0.25, -0.2) is 0 Å². The molecule has 0 aliphatic carbocycles. The van der Waals surface area contributed by atoms with Crippen LogP contribution >= 0.6 is 12.6 Å². The standard InChI is InChI=1S/C6H14N2O2.C6H13NO2.C5H11NO2.C3H7NO2S/c7-4-2-1-3-5(8)6(9)10;1-4(2)3-5(7)6(8)9;1-3(2)4(6)5(7)8;4-2(1-7)3(5)6/h5H,1-4,7-8H2,(H,9,10);4-5H,3,7H2,1-2H3,(H,8,9);3-4H,6H2,1-2H3,(H,7,8);2,7H,1,4H2,(H,5,6). The second-order valence-electron chi connectivity index (χ2n) is 8.04. The van der Waals surface area contributed by atoms with E-state index in [-0.39, 0.29) is 11.7 Å². The van der Waals surface area contributed by atoms with Crippen LogP contribution in [0, 0.1) is 11.8 Å². The summed E-state index contributed by atoms with van der Waals surface area (Å²) >= 11 is 3.65. The second kappa shape index (κ2) is 24.2. The highest BCUT2D eigenvalue weighted by atomic mass is 32.1. The van der Waals surface area contributed by atoms with Crippen LogP contribution in [0.5, 0.6) is 0 Å². The van der Waals surface area contributed by atoms with Crippen molar-refractivity contribution in [1.29, 1.82) is 0 Å². The van der Waals surface area contributed by atoms with Gasteiger partial charge in [-0.3, -0.25) is 19.2 Å². The molecular weight excluding hydrogens is 470 g/mol. The highest BCUT2D eigenvalue weighted by molar-refractivity contribution is 7.80. The van der Waals surface area contributed by atoms with E-state index in [0.29, 0.717) is 25.3 Å². The van der Waals surface area contributed by atoms with Crippen molar-refractivity contribution in [2.24, 2.45) is 40.5 Å². The molecule has 14 N–H and O–H groups in total. The van der Waals surface area contributed by atoms with Gasteiger partial charge in [-0.1, -0.05) is 34.1 Å². The van der Waals surface area contributed by atoms with Gasteiger partial charge in [0, 0.05) is 5.75 Å². The van der Waals surface area contributed by atoms with Crippen molar-refractivity contribution in [2.75, 3.05) is 12.3 Å². The molecule has 0 amide bonds. The Morgan fingerprint density at radius 1 is 0.706 bits per heavy atom. The molecule has 13 nitrogen and oxygen atoms in total. The lowest BCUT2D eigenvalue weighted by atomic mass is 10.1. The first-order chi connectivity index (χ1) is 15.5. The van der Waals surface area contributed by atoms with Crippen molar-refractivity contribution in [3.05, 3.63) is 0 Å². The molecule has 0 saturated carbocycles. The minimum absolute atomic E-state index is 0.0208. The number of carbonyl (C=O) groups is 4. The number of carboxylic acid groups (broad SMARTS) is 4. The molecule has 4 unspecified atom stereocenters. The van der Waals surface area contributed by atoms with E-state index in [1.165, 1.54) is 0 Å². The lowest BCUT2D eigenvalue weighted by Crippen LogP contribution is -2.34. The van der Waals surface area contributed by atoms with Crippen molar-refractivity contribution < 1.29 is 39.6 Å². The van der Waals surface area contributed by atoms with Gasteiger partial charge in [0.1, 0.15) is 24.2 Å². The van der Waals surface area contributed by atoms with Crippen LogP contribution in [0.4, 0.5) is 0 Å². The van der Waals surface area contributed by atoms with Crippen LogP contribution in [0.3, 0.4) is 0 Å². The second-order valence-corrected chi connectivity index (χ2v) is 8.40. The van der Waals surface area contributed by atoms with Crippen molar-refractivity contribution in [3.8, 4) is 0 Å². The quantitative estimate of drug-likeness (QED) is 0.114. The number of hydrogen-bond donors (Lipinski definition) is 10. The van der Waals surface area contributed by atoms with Gasteiger partial charge in [-0.15, -0.1) is 0 Å². The summed E-state index contributed by atoms with van der Waals surface area (Å²) in [7, 11) is 0. The first-order valence-corrected chi connectivity index (χ1v) is 11.3. The van der Waals surface area contributed by atoms with Crippen molar-refractivity contribution in [1.82, 2.24) is 0 Å². The van der Waals surface area contributed by atoms with Crippen LogP contribution in [0.1, 0.15) is 53.4 Å². The molecule has 0 aromatic rings. The maximum absolute atomic E-state index is 10.1. The summed E-state index contributed by atoms with van der Waals surface area (Å²) in [5, 5.41) is 32.9. The van der Waals surface area contributed by atoms with E-state index < -0.39 is 48.0 Å². The Bertz CT molecular complexity index is 567. The van der Waals surface area contributed by atoms with Gasteiger partial charge in [-0.05, 0) is 37.6 Å². The summed E-state index contributed by atoms with van der Waals surface area (Å²) in [6.45, 7) is 8.05. The number of unbranched alkanes of at least 4 members (excludes halogenated alkanes) is 1. The van der Waals surface area contributed by atoms with E-state index >= 15 is 0 Å². The number of carboxylic acids is 4. The zero-order valence-corrected chi connectivity index (χ0v) is 21.4. The number of rotatable bonds is 12. The molecule has 14 heteroatoms. The Balaban J connectivity index is -0.000000178. The molecule has 0 aromatic carbocycles. The molecular formula is C20H45N5O8S. The van der Waals surface area contributed by atoms with Gasteiger partial charge in [0.15, 0.2) is 0 Å². The number of hydrogen-bond acceptors (Lipinski definition) is 10. The maximum atomic E-state index is 10.1. The lowest BCUT2D eigenvalue weighted by molar-refractivity contribution is -0.140. The maximum Gasteiger partial charge on any atom is 0.321 e. The van der Waals surface area contributed by atoms with E-state index in [4.69, 9.17) is 49.1 Å². The normalized spacial score (nSPS) is 13.5. The Morgan fingerprint density at radius 3 is 1.26 bits per heavy atom. The van der Waals surface area contributed by atoms with Crippen molar-refractivity contribution in [2.45, 2.75) is 77.5 Å². The largest absolute Gasteiger partial charge is 0.480 e. The number of thiol groups is 1. The topological polar surface area (TPSA) is 279 Å². The van der Waals surface area contributed by atoms with Gasteiger partial charge >= 0.3 is 23.9 Å². The van der Waals surface area contributed by atoms with E-state index in [1.54, 1.807) is 13.8 Å². The minimum Gasteiger partial charge on any atom is -0.480 e. The summed E-state index contributed by atoms with van der Waals surface area (Å²) < 4.78 is 0. The average molecular weight is 516 g/mol. The monoisotopic (exact) mass is 515 g/mol. The molecule has 34 heavy (non-hydrogen) atoms. The first-order valence-electron chi connectivity index (χ1n) is 10.7. The highest BCUT2D eigenvalue weighted by Gasteiger charge is 2.14. The van der Waals surface area contributed by atoms with Crippen molar-refractivity contribution in [3.63, 3.8) is 0 Å². The van der Waals surface area contributed by atoms with Crippen molar-refractivity contribution >= 4 is 36.5 Å². The average Bonchev–Trinajstić information content (AvgIpc) is 2.73. The van der Waals surface area contributed by atoms with E-state index in [2.05, 4.69) is 12.6 Å². The summed E-state index contributed by atoms with van der Waals surface area (Å²) in [4.78, 5) is 40.0. The summed E-state index contributed by atoms with van der Waals surface area (Å²) in [6.07, 6.45) is 2.72. The molecule has 0 spiro atoms. The first kappa shape index (κ1) is 39.3. The number of aliphatic carboxylic acids is 4. The number of nitrogens with two attached hydrogens (primary N) is 5. The predicted molar refractivity (Wildman–Crippen MR) is 133 cm³/mol.